The van der Waals surface area contributed by atoms with Gasteiger partial charge in [-0.15, -0.1) is 11.3 Å². The van der Waals surface area contributed by atoms with Gasteiger partial charge in [0.25, 0.3) is 0 Å². The average molecular weight is 992 g/mol. The molecular formula is C46H51ClN8O11S2. The summed E-state index contributed by atoms with van der Waals surface area (Å²) >= 11 is 7.40. The smallest absolute Gasteiger partial charge is 0.349 e. The van der Waals surface area contributed by atoms with Gasteiger partial charge in [-0.05, 0) is 93.6 Å². The van der Waals surface area contributed by atoms with E-state index in [-0.39, 0.29) is 70.5 Å². The minimum Gasteiger partial charge on any atom is -0.479 e. The topological polar surface area (TPSA) is 242 Å². The van der Waals surface area contributed by atoms with Gasteiger partial charge in [-0.3, -0.25) is 24.0 Å². The minimum atomic E-state index is -3.82. The standard InChI is InChI=1S/C46H51ClN8O11S2/c1-26-23-52(17-18-53(26)32-11-12-33-35(21-32)51(4)45(63)55(33)34-13-14-36(56)50-42(34)59)44(62)49-29-9-5-7-27(19-29)25-68(64,65)54-16-15-31(22-46(54,2)3)48-30-10-6-8-28(20-30)40-38(47)39(66-24-37(57)58)41(67-40)43(60)61/h5-12,19-21,26,31,34,48H,13-18,22-25H2,1-4H3,(H,49,62)(H,57,58)(H,60,61)(H,50,56,59)/t26-,31+,34?/m1/s1. The third-order valence-electron chi connectivity index (χ3n) is 12.6. The van der Waals surface area contributed by atoms with Crippen molar-refractivity contribution in [1.82, 2.24) is 23.7 Å². The summed E-state index contributed by atoms with van der Waals surface area (Å²) in [7, 11) is -2.18. The van der Waals surface area contributed by atoms with E-state index in [1.165, 1.54) is 13.4 Å². The normalized spacial score (nSPS) is 20.0. The Balaban J connectivity index is 0.870. The van der Waals surface area contributed by atoms with Crippen LogP contribution in [0.2, 0.25) is 5.02 Å². The van der Waals surface area contributed by atoms with Crippen LogP contribution in [0, 0.1) is 0 Å². The number of piperidine rings is 2. The molecule has 3 atom stereocenters. The number of nitrogens with one attached hydrogen (secondary N) is 3. The summed E-state index contributed by atoms with van der Waals surface area (Å²) in [6.07, 6.45) is 1.36. The number of nitrogens with zero attached hydrogens (tertiary/aromatic N) is 5. The molecule has 3 aliphatic rings. The third-order valence-corrected chi connectivity index (χ3v) is 16.4. The first-order valence-electron chi connectivity index (χ1n) is 21.9. The van der Waals surface area contributed by atoms with Crippen molar-refractivity contribution in [2.75, 3.05) is 48.3 Å². The first-order chi connectivity index (χ1) is 32.2. The van der Waals surface area contributed by atoms with E-state index in [2.05, 4.69) is 20.9 Å². The molecule has 0 bridgehead atoms. The number of carboxylic acids is 2. The van der Waals surface area contributed by atoms with E-state index in [0.717, 1.165) is 17.0 Å². The summed E-state index contributed by atoms with van der Waals surface area (Å²) in [5.74, 6) is -3.92. The van der Waals surface area contributed by atoms with E-state index in [1.54, 1.807) is 54.4 Å². The van der Waals surface area contributed by atoms with Gasteiger partial charge in [-0.25, -0.2) is 27.6 Å². The largest absolute Gasteiger partial charge is 0.479 e. The zero-order valence-electron chi connectivity index (χ0n) is 37.7. The third kappa shape index (κ3) is 9.78. The zero-order chi connectivity index (χ0) is 48.8. The van der Waals surface area contributed by atoms with Gasteiger partial charge in [0.1, 0.15) is 11.1 Å². The van der Waals surface area contributed by atoms with Crippen molar-refractivity contribution in [1.29, 1.82) is 0 Å². The number of benzene rings is 3. The van der Waals surface area contributed by atoms with Crippen LogP contribution in [0.1, 0.15) is 67.7 Å². The number of piperazine rings is 1. The molecule has 4 amide bonds. The van der Waals surface area contributed by atoms with Crippen LogP contribution in [0.25, 0.3) is 21.5 Å². The van der Waals surface area contributed by atoms with Crippen molar-refractivity contribution in [2.24, 2.45) is 7.05 Å². The van der Waals surface area contributed by atoms with Crippen LogP contribution in [0.15, 0.2) is 71.5 Å². The molecule has 2 aromatic heterocycles. The van der Waals surface area contributed by atoms with Crippen LogP contribution in [-0.2, 0) is 37.2 Å². The number of thiophene rings is 1. The molecule has 68 heavy (non-hydrogen) atoms. The number of carbonyl (C=O) groups excluding carboxylic acids is 3. The number of anilines is 3. The lowest BCUT2D eigenvalue weighted by molar-refractivity contribution is -0.139. The molecular weight excluding hydrogens is 940 g/mol. The Kier molecular flexibility index (Phi) is 13.4. The molecule has 5 N–H and O–H groups in total. The van der Waals surface area contributed by atoms with Crippen LogP contribution >= 0.6 is 22.9 Å². The van der Waals surface area contributed by atoms with Crippen molar-refractivity contribution in [3.63, 3.8) is 0 Å². The summed E-state index contributed by atoms with van der Waals surface area (Å²) in [5.41, 5.74) is 3.23. The summed E-state index contributed by atoms with van der Waals surface area (Å²) in [6, 6.07) is 18.3. The number of imide groups is 1. The Labute approximate surface area is 400 Å². The number of fused-ring (bicyclic) bond motifs is 1. The SMILES string of the molecule is C[C@@H]1CN(C(=O)Nc2cccc(CS(=O)(=O)N3CC[C@H](Nc4cccc(-c5sc(C(=O)O)c(OCC(=O)O)c5Cl)c4)CC3(C)C)c2)CCN1c1ccc2c(c1)n(C)c(=O)n2C1CCC(=O)NC1=O. The first-order valence-corrected chi connectivity index (χ1v) is 24.7. The van der Waals surface area contributed by atoms with Crippen LogP contribution in [-0.4, -0.2) is 117 Å². The number of aliphatic carboxylic acids is 1. The maximum absolute atomic E-state index is 14.1. The molecule has 5 heterocycles. The van der Waals surface area contributed by atoms with Crippen LogP contribution in [0.5, 0.6) is 5.75 Å². The van der Waals surface area contributed by atoms with Gasteiger partial charge in [-0.1, -0.05) is 35.9 Å². The van der Waals surface area contributed by atoms with E-state index in [1.807, 2.05) is 45.0 Å². The Morgan fingerprint density at radius 3 is 2.41 bits per heavy atom. The summed E-state index contributed by atoms with van der Waals surface area (Å²) in [6.45, 7) is 6.54. The number of hydrogen-bond donors (Lipinski definition) is 5. The minimum absolute atomic E-state index is 0.00531. The maximum Gasteiger partial charge on any atom is 0.349 e. The zero-order valence-corrected chi connectivity index (χ0v) is 40.0. The maximum atomic E-state index is 14.1. The highest BCUT2D eigenvalue weighted by Crippen LogP contribution is 2.46. The number of sulfonamides is 1. The molecule has 0 radical (unpaired) electrons. The number of aromatic carboxylic acids is 1. The van der Waals surface area contributed by atoms with Crippen LogP contribution in [0.4, 0.5) is 21.9 Å². The van der Waals surface area contributed by atoms with Crippen LogP contribution < -0.4 is 31.3 Å². The number of urea groups is 1. The Hall–Kier alpha value is -6.42. The predicted octanol–water partition coefficient (Wildman–Crippen LogP) is 5.79. The fourth-order valence-electron chi connectivity index (χ4n) is 9.51. The predicted molar refractivity (Wildman–Crippen MR) is 257 cm³/mol. The average Bonchev–Trinajstić information content (AvgIpc) is 3.73. The number of halogens is 1. The monoisotopic (exact) mass is 990 g/mol. The molecule has 0 saturated carbocycles. The molecule has 5 aromatic rings. The fourth-order valence-corrected chi connectivity index (χ4v) is 12.9. The lowest BCUT2D eigenvalue weighted by Crippen LogP contribution is -2.55. The number of aryl methyl sites for hydroxylation is 1. The second-order valence-electron chi connectivity index (χ2n) is 17.9. The van der Waals surface area contributed by atoms with Gasteiger partial charge in [0.05, 0.1) is 21.7 Å². The lowest BCUT2D eigenvalue weighted by atomic mass is 9.89. The number of hydrogen-bond acceptors (Lipinski definition) is 12. The van der Waals surface area contributed by atoms with Crippen molar-refractivity contribution in [3.8, 4) is 16.2 Å². The fraction of sp³-hybridized carbons (Fsp3) is 0.391. The van der Waals surface area contributed by atoms with Crippen molar-refractivity contribution in [2.45, 2.75) is 75.9 Å². The first kappa shape index (κ1) is 48.1. The van der Waals surface area contributed by atoms with Gasteiger partial charge in [-0.2, -0.15) is 4.31 Å². The molecule has 360 valence electrons. The van der Waals surface area contributed by atoms with Gasteiger partial charge in [0.2, 0.25) is 21.8 Å². The molecule has 3 aromatic carbocycles. The number of aromatic nitrogens is 2. The molecule has 3 saturated heterocycles. The van der Waals surface area contributed by atoms with Crippen LogP contribution in [0.3, 0.4) is 0 Å². The number of carbonyl (C=O) groups is 5. The van der Waals surface area contributed by atoms with E-state index in [0.29, 0.717) is 70.9 Å². The second kappa shape index (κ2) is 18.9. The van der Waals surface area contributed by atoms with Gasteiger partial charge in [0, 0.05) is 74.3 Å². The van der Waals surface area contributed by atoms with E-state index in [4.69, 9.17) is 21.4 Å². The lowest BCUT2D eigenvalue weighted by Gasteiger charge is -2.45. The number of amides is 4. The van der Waals surface area contributed by atoms with Crippen molar-refractivity contribution < 1.29 is 47.3 Å². The highest BCUT2D eigenvalue weighted by molar-refractivity contribution is 7.88. The Morgan fingerprint density at radius 2 is 1.71 bits per heavy atom. The highest BCUT2D eigenvalue weighted by Gasteiger charge is 2.42. The summed E-state index contributed by atoms with van der Waals surface area (Å²) < 4.78 is 37.8. The summed E-state index contributed by atoms with van der Waals surface area (Å²) in [4.78, 5) is 78.4. The number of ether oxygens (including phenoxy) is 1. The van der Waals surface area contributed by atoms with Gasteiger partial charge < -0.3 is 35.4 Å². The number of rotatable bonds is 13. The molecule has 3 fully saturated rings. The molecule has 19 nitrogen and oxygen atoms in total. The molecule has 1 unspecified atom stereocenters. The molecule has 0 aliphatic carbocycles. The summed E-state index contributed by atoms with van der Waals surface area (Å²) in [5, 5.41) is 27.5. The van der Waals surface area contributed by atoms with Gasteiger partial charge in [0.15, 0.2) is 17.2 Å². The Morgan fingerprint density at radius 1 is 0.956 bits per heavy atom. The molecule has 8 rings (SSSR count). The van der Waals surface area contributed by atoms with E-state index >= 15 is 0 Å². The van der Waals surface area contributed by atoms with E-state index in [9.17, 15) is 42.3 Å². The van der Waals surface area contributed by atoms with Crippen molar-refractivity contribution >= 4 is 90.8 Å². The Bertz CT molecular complexity index is 3020. The highest BCUT2D eigenvalue weighted by atomic mass is 35.5. The van der Waals surface area contributed by atoms with E-state index < -0.39 is 46.1 Å². The molecule has 3 aliphatic heterocycles. The molecule has 0 spiro atoms. The van der Waals surface area contributed by atoms with Gasteiger partial charge >= 0.3 is 23.7 Å². The number of imidazole rings is 1. The second-order valence-corrected chi connectivity index (χ2v) is 21.2. The quantitative estimate of drug-likeness (QED) is 0.0879. The molecule has 22 heteroatoms. The van der Waals surface area contributed by atoms with Crippen molar-refractivity contribution in [3.05, 3.63) is 92.7 Å². The number of carboxylic acid groups (broad SMARTS) is 2.